The van der Waals surface area contributed by atoms with Crippen LogP contribution in [0.5, 0.6) is 0 Å². The maximum atomic E-state index is 14.3. The number of amides is 4. The molecule has 2 N–H and O–H groups in total. The summed E-state index contributed by atoms with van der Waals surface area (Å²) in [5.41, 5.74) is 0.0792. The first kappa shape index (κ1) is 20.8. The first-order valence-electron chi connectivity index (χ1n) is 9.87. The maximum absolute atomic E-state index is 14.3. The van der Waals surface area contributed by atoms with Crippen molar-refractivity contribution in [3.63, 3.8) is 0 Å². The van der Waals surface area contributed by atoms with Crippen LogP contribution in [0.4, 0.5) is 25.1 Å². The summed E-state index contributed by atoms with van der Waals surface area (Å²) in [7, 11) is 3.27. The molecule has 0 spiro atoms. The third-order valence-electron chi connectivity index (χ3n) is 5.35. The number of hydrogen-bond acceptors (Lipinski definition) is 4. The zero-order chi connectivity index (χ0) is 22.3. The van der Waals surface area contributed by atoms with Gasteiger partial charge in [0, 0.05) is 45.2 Å². The highest BCUT2D eigenvalue weighted by Gasteiger charge is 2.29. The van der Waals surface area contributed by atoms with Crippen LogP contribution in [0.15, 0.2) is 18.2 Å². The summed E-state index contributed by atoms with van der Waals surface area (Å²) in [6, 6.07) is 2.90. The molecule has 1 aromatic carbocycles. The Labute approximate surface area is 177 Å². The minimum Gasteiger partial charge on any atom is -0.326 e. The van der Waals surface area contributed by atoms with Crippen LogP contribution in [0.1, 0.15) is 34.8 Å². The fourth-order valence-corrected chi connectivity index (χ4v) is 3.40. The Morgan fingerprint density at radius 1 is 1.10 bits per heavy atom. The van der Waals surface area contributed by atoms with Crippen molar-refractivity contribution in [1.29, 1.82) is 0 Å². The molecule has 31 heavy (non-hydrogen) atoms. The highest BCUT2D eigenvalue weighted by atomic mass is 19.1. The lowest BCUT2D eigenvalue weighted by molar-refractivity contribution is -0.116. The number of urea groups is 1. The lowest BCUT2D eigenvalue weighted by atomic mass is 10.1. The number of likely N-dealkylation sites (N-methyl/N-ethyl adjacent to an activating group) is 1. The van der Waals surface area contributed by atoms with E-state index >= 15 is 0 Å². The molecule has 1 aliphatic carbocycles. The van der Waals surface area contributed by atoms with Gasteiger partial charge in [-0.25, -0.2) is 13.6 Å². The molecule has 164 valence electrons. The number of anilines is 2. The number of carbonyl (C=O) groups is 3. The second-order valence-corrected chi connectivity index (χ2v) is 7.79. The topological polar surface area (TPSA) is 99.6 Å². The van der Waals surface area contributed by atoms with Gasteiger partial charge in [0.2, 0.25) is 5.91 Å². The molecule has 4 rings (SSSR count). The van der Waals surface area contributed by atoms with Gasteiger partial charge in [0.15, 0.2) is 0 Å². The summed E-state index contributed by atoms with van der Waals surface area (Å²) < 4.78 is 30.0. The zero-order valence-corrected chi connectivity index (χ0v) is 17.1. The maximum Gasteiger partial charge on any atom is 0.320 e. The molecule has 2 heterocycles. The molecular weight excluding hydrogens is 410 g/mol. The van der Waals surface area contributed by atoms with Crippen LogP contribution >= 0.6 is 0 Å². The van der Waals surface area contributed by atoms with Crippen LogP contribution in [0.3, 0.4) is 0 Å². The number of nitrogens with one attached hydrogen (secondary N) is 2. The Kier molecular flexibility index (Phi) is 5.34. The van der Waals surface area contributed by atoms with Crippen molar-refractivity contribution in [2.75, 3.05) is 37.3 Å². The normalized spacial score (nSPS) is 16.1. The van der Waals surface area contributed by atoms with Crippen LogP contribution < -0.4 is 10.6 Å². The van der Waals surface area contributed by atoms with Gasteiger partial charge in [-0.3, -0.25) is 14.3 Å². The van der Waals surface area contributed by atoms with Gasteiger partial charge >= 0.3 is 6.03 Å². The number of nitrogens with zero attached hydrogens (tertiary/aromatic N) is 4. The van der Waals surface area contributed by atoms with Crippen LogP contribution in [-0.2, 0) is 11.8 Å². The van der Waals surface area contributed by atoms with Crippen LogP contribution in [0, 0.1) is 11.6 Å². The van der Waals surface area contributed by atoms with Crippen molar-refractivity contribution in [2.45, 2.75) is 18.8 Å². The van der Waals surface area contributed by atoms with Gasteiger partial charge in [0.25, 0.3) is 5.91 Å². The Hall–Kier alpha value is -3.50. The summed E-state index contributed by atoms with van der Waals surface area (Å²) >= 11 is 0. The molecule has 1 saturated carbocycles. The molecule has 2 aromatic rings. The number of aryl methyl sites for hydroxylation is 1. The van der Waals surface area contributed by atoms with Crippen molar-refractivity contribution in [3.05, 3.63) is 41.1 Å². The Bertz CT molecular complexity index is 1070. The summed E-state index contributed by atoms with van der Waals surface area (Å²) in [6.07, 6.45) is 2.08. The first-order valence-corrected chi connectivity index (χ1v) is 9.87. The van der Waals surface area contributed by atoms with Crippen molar-refractivity contribution < 1.29 is 23.2 Å². The van der Waals surface area contributed by atoms with E-state index in [1.165, 1.54) is 14.5 Å². The number of hydrogen-bond donors (Lipinski definition) is 2. The lowest BCUT2D eigenvalue weighted by Crippen LogP contribution is -2.36. The molecule has 1 aromatic heterocycles. The summed E-state index contributed by atoms with van der Waals surface area (Å²) in [6.45, 7) is 0.578. The number of rotatable bonds is 6. The lowest BCUT2D eigenvalue weighted by Gasteiger charge is -2.16. The largest absolute Gasteiger partial charge is 0.326 e. The minimum absolute atomic E-state index is 0.277. The highest BCUT2D eigenvalue weighted by Crippen LogP contribution is 2.40. The molecule has 2 aliphatic rings. The molecule has 2 fully saturated rings. The first-order chi connectivity index (χ1) is 14.7. The van der Waals surface area contributed by atoms with E-state index in [-0.39, 0.29) is 18.3 Å². The van der Waals surface area contributed by atoms with Gasteiger partial charge in [0.1, 0.15) is 24.0 Å². The molecule has 1 saturated heterocycles. The minimum atomic E-state index is -1.06. The van der Waals surface area contributed by atoms with E-state index in [2.05, 4.69) is 15.7 Å². The Balaban J connectivity index is 1.47. The van der Waals surface area contributed by atoms with Crippen LogP contribution in [-0.4, -0.2) is 64.1 Å². The number of carbonyl (C=O) groups excluding carboxylic acids is 3. The van der Waals surface area contributed by atoms with Gasteiger partial charge < -0.3 is 20.4 Å². The zero-order valence-electron chi connectivity index (χ0n) is 17.1. The Morgan fingerprint density at radius 2 is 1.84 bits per heavy atom. The second-order valence-electron chi connectivity index (χ2n) is 7.79. The van der Waals surface area contributed by atoms with Gasteiger partial charge in [-0.1, -0.05) is 0 Å². The second kappa shape index (κ2) is 7.97. The standard InChI is InChI=1S/C20H22F2N6O3/c1-26-5-6-28(20(26)31)10-18(29)23-16-7-12(13(21)8-14(16)22)19(30)24-17-9-15(11-3-4-11)25-27(17)2/h7-9,11H,3-6,10H2,1-2H3,(H,23,29)(H,24,30). The van der Waals surface area contributed by atoms with Gasteiger partial charge in [0.05, 0.1) is 16.9 Å². The van der Waals surface area contributed by atoms with Crippen LogP contribution in [0.25, 0.3) is 0 Å². The quantitative estimate of drug-likeness (QED) is 0.731. The molecule has 0 unspecified atom stereocenters. The molecule has 0 atom stereocenters. The number of aromatic nitrogens is 2. The van der Waals surface area contributed by atoms with Gasteiger partial charge in [-0.05, 0) is 18.9 Å². The highest BCUT2D eigenvalue weighted by molar-refractivity contribution is 6.05. The Morgan fingerprint density at radius 3 is 2.48 bits per heavy atom. The monoisotopic (exact) mass is 432 g/mol. The summed E-state index contributed by atoms with van der Waals surface area (Å²) in [4.78, 5) is 39.5. The van der Waals surface area contributed by atoms with Crippen molar-refractivity contribution in [3.8, 4) is 0 Å². The van der Waals surface area contributed by atoms with E-state index in [1.54, 1.807) is 20.2 Å². The van der Waals surface area contributed by atoms with Crippen molar-refractivity contribution in [2.24, 2.45) is 7.05 Å². The smallest absolute Gasteiger partial charge is 0.320 e. The third kappa shape index (κ3) is 4.35. The molecule has 11 heteroatoms. The molecule has 1 aliphatic heterocycles. The van der Waals surface area contributed by atoms with Crippen LogP contribution in [0.2, 0.25) is 0 Å². The molecular formula is C20H22F2N6O3. The van der Waals surface area contributed by atoms with E-state index in [0.29, 0.717) is 30.9 Å². The number of benzene rings is 1. The molecule has 9 nitrogen and oxygen atoms in total. The van der Waals surface area contributed by atoms with Crippen molar-refractivity contribution in [1.82, 2.24) is 19.6 Å². The van der Waals surface area contributed by atoms with Gasteiger partial charge in [-0.2, -0.15) is 5.10 Å². The van der Waals surface area contributed by atoms with E-state index < -0.39 is 29.0 Å². The fraction of sp³-hybridized carbons (Fsp3) is 0.400. The van der Waals surface area contributed by atoms with E-state index in [1.807, 2.05) is 0 Å². The predicted molar refractivity (Wildman–Crippen MR) is 108 cm³/mol. The third-order valence-corrected chi connectivity index (χ3v) is 5.35. The fourth-order valence-electron chi connectivity index (χ4n) is 3.40. The van der Waals surface area contributed by atoms with Gasteiger partial charge in [-0.15, -0.1) is 0 Å². The van der Waals surface area contributed by atoms with E-state index in [4.69, 9.17) is 0 Å². The summed E-state index contributed by atoms with van der Waals surface area (Å²) in [5.74, 6) is -2.77. The van der Waals surface area contributed by atoms with E-state index in [0.717, 1.165) is 24.6 Å². The number of halogens is 2. The SMILES string of the molecule is CN1CCN(CC(=O)Nc2cc(C(=O)Nc3cc(C4CC4)nn3C)c(F)cc2F)C1=O. The molecule has 0 radical (unpaired) electrons. The molecule has 0 bridgehead atoms. The van der Waals surface area contributed by atoms with Crippen molar-refractivity contribution >= 4 is 29.4 Å². The average molecular weight is 432 g/mol. The predicted octanol–water partition coefficient (Wildman–Crippen LogP) is 2.13. The van der Waals surface area contributed by atoms with E-state index in [9.17, 15) is 23.2 Å². The average Bonchev–Trinajstić information content (AvgIpc) is 3.44. The summed E-state index contributed by atoms with van der Waals surface area (Å²) in [5, 5.41) is 9.20. The molecule has 4 amide bonds.